The van der Waals surface area contributed by atoms with Crippen molar-refractivity contribution in [1.82, 2.24) is 0 Å². The number of anilines is 6. The van der Waals surface area contributed by atoms with E-state index in [1.54, 1.807) is 0 Å². The Bertz CT molecular complexity index is 3150. The summed E-state index contributed by atoms with van der Waals surface area (Å²) in [6.07, 6.45) is 32.4. The molecule has 0 spiro atoms. The number of aryl methyl sites for hydroxylation is 1. The van der Waals surface area contributed by atoms with Crippen LogP contribution in [0, 0.1) is 5.92 Å². The normalized spacial score (nSPS) is 14.5. The highest BCUT2D eigenvalue weighted by atomic mass is 15.1. The molecule has 0 bridgehead atoms. The van der Waals surface area contributed by atoms with E-state index < -0.39 is 0 Å². The summed E-state index contributed by atoms with van der Waals surface area (Å²) in [4.78, 5) is 4.66. The van der Waals surface area contributed by atoms with E-state index in [1.807, 2.05) is 0 Å². The summed E-state index contributed by atoms with van der Waals surface area (Å²) in [5.41, 5.74) is 18.0. The fourth-order valence-electron chi connectivity index (χ4n) is 9.17. The highest BCUT2D eigenvalue weighted by Gasteiger charge is 2.15. The van der Waals surface area contributed by atoms with Gasteiger partial charge in [-0.1, -0.05) is 218 Å². The van der Waals surface area contributed by atoms with Crippen LogP contribution in [0.25, 0.3) is 35.4 Å². The van der Waals surface area contributed by atoms with Crippen molar-refractivity contribution in [2.75, 3.05) is 9.80 Å². The van der Waals surface area contributed by atoms with E-state index in [0.717, 1.165) is 71.8 Å². The molecule has 1 atom stereocenters. The molecule has 2 aliphatic carbocycles. The third-order valence-electron chi connectivity index (χ3n) is 13.1. The average molecular weight is 903 g/mol. The third kappa shape index (κ3) is 11.8. The first-order valence-corrected chi connectivity index (χ1v) is 24.7. The molecule has 8 aromatic carbocycles. The highest BCUT2D eigenvalue weighted by Crippen LogP contribution is 2.38. The van der Waals surface area contributed by atoms with Crippen LogP contribution < -0.4 is 9.80 Å². The molecular weight excluding hydrogens is 845 g/mol. The Morgan fingerprint density at radius 2 is 0.857 bits per heavy atom. The number of hydrogen-bond acceptors (Lipinski definition) is 2. The molecule has 2 heteroatoms. The van der Waals surface area contributed by atoms with Crippen molar-refractivity contribution < 1.29 is 0 Å². The summed E-state index contributed by atoms with van der Waals surface area (Å²) in [7, 11) is 0. The number of allylic oxidation sites excluding steroid dienone is 10. The molecular formula is C68H58N2. The van der Waals surface area contributed by atoms with E-state index in [4.69, 9.17) is 0 Å². The minimum absolute atomic E-state index is 0.452. The molecule has 0 amide bonds. The average Bonchev–Trinajstić information content (AvgIpc) is 3.44. The van der Waals surface area contributed by atoms with Gasteiger partial charge in [0.15, 0.2) is 0 Å². The van der Waals surface area contributed by atoms with Gasteiger partial charge in [-0.05, 0) is 155 Å². The highest BCUT2D eigenvalue weighted by molar-refractivity contribution is 5.81. The molecule has 0 saturated carbocycles. The zero-order valence-electron chi connectivity index (χ0n) is 39.6. The van der Waals surface area contributed by atoms with Gasteiger partial charge in [-0.2, -0.15) is 0 Å². The second-order valence-electron chi connectivity index (χ2n) is 18.0. The van der Waals surface area contributed by atoms with Crippen molar-refractivity contribution in [3.05, 3.63) is 300 Å². The molecule has 1 unspecified atom stereocenters. The van der Waals surface area contributed by atoms with Gasteiger partial charge in [0, 0.05) is 34.1 Å². The molecule has 0 aliphatic heterocycles. The number of nitrogens with zero attached hydrogens (tertiary/aromatic N) is 2. The lowest BCUT2D eigenvalue weighted by Crippen LogP contribution is -2.10. The minimum Gasteiger partial charge on any atom is -0.311 e. The van der Waals surface area contributed by atoms with E-state index in [2.05, 4.69) is 295 Å². The van der Waals surface area contributed by atoms with Gasteiger partial charge in [0.2, 0.25) is 0 Å². The minimum atomic E-state index is 0.452. The molecule has 0 heterocycles. The first-order chi connectivity index (χ1) is 34.7. The quantitative estimate of drug-likeness (QED) is 0.0892. The lowest BCUT2D eigenvalue weighted by atomic mass is 9.93. The zero-order valence-corrected chi connectivity index (χ0v) is 39.6. The fourth-order valence-corrected chi connectivity index (χ4v) is 9.17. The summed E-state index contributed by atoms with van der Waals surface area (Å²) in [6.45, 7) is 0. The maximum atomic E-state index is 2.41. The summed E-state index contributed by atoms with van der Waals surface area (Å²) >= 11 is 0. The van der Waals surface area contributed by atoms with Gasteiger partial charge in [0.05, 0.1) is 0 Å². The Morgan fingerprint density at radius 1 is 0.414 bits per heavy atom. The van der Waals surface area contributed by atoms with Crippen LogP contribution in [0.4, 0.5) is 34.1 Å². The van der Waals surface area contributed by atoms with Crippen LogP contribution in [0.3, 0.4) is 0 Å². The van der Waals surface area contributed by atoms with Crippen LogP contribution in [0.5, 0.6) is 0 Å². The summed E-state index contributed by atoms with van der Waals surface area (Å²) in [5.74, 6) is 0.452. The summed E-state index contributed by atoms with van der Waals surface area (Å²) in [6, 6.07) is 76.4. The van der Waals surface area contributed by atoms with Gasteiger partial charge in [-0.15, -0.1) is 0 Å². The maximum absolute atomic E-state index is 2.41. The molecule has 0 N–H and O–H groups in total. The molecule has 2 nitrogen and oxygen atoms in total. The van der Waals surface area contributed by atoms with Gasteiger partial charge >= 0.3 is 0 Å². The Labute approximate surface area is 415 Å². The first-order valence-electron chi connectivity index (χ1n) is 24.7. The summed E-state index contributed by atoms with van der Waals surface area (Å²) in [5, 5.41) is 0. The van der Waals surface area contributed by atoms with Gasteiger partial charge in [-0.25, -0.2) is 0 Å². The lowest BCUT2D eigenvalue weighted by molar-refractivity contribution is 0.802. The molecule has 0 radical (unpaired) electrons. The summed E-state index contributed by atoms with van der Waals surface area (Å²) < 4.78 is 0. The van der Waals surface area contributed by atoms with E-state index in [1.165, 1.54) is 44.5 Å². The number of benzene rings is 8. The Hall–Kier alpha value is -8.46. The fraction of sp³-hybridized carbons (Fsp3) is 0.0882. The number of rotatable bonds is 16. The van der Waals surface area contributed by atoms with Gasteiger partial charge in [-0.3, -0.25) is 0 Å². The Morgan fingerprint density at radius 3 is 1.34 bits per heavy atom. The molecule has 0 saturated heterocycles. The molecule has 0 fully saturated rings. The molecule has 70 heavy (non-hydrogen) atoms. The van der Waals surface area contributed by atoms with Crippen LogP contribution in [0.2, 0.25) is 0 Å². The number of para-hydroxylation sites is 2. The Balaban J connectivity index is 0.798. The molecule has 2 aliphatic rings. The standard InChI is InChI=1S/C68H58N2/c1-5-13-53(14-6-1)21-23-55-25-29-57(30-26-55)33-35-59-37-45-65(46-38-59)69(63-17-9-3-10-18-63)67-49-41-61(42-50-67)62-43-51-68(52-44-62)70(64-19-11-4-12-20-64)66-47-39-60(40-48-66)36-34-58-31-27-56(28-32-58)24-22-54-15-7-2-8-16-54/h1-7,9-15,17-25,27-32,34,36-52,55H,8,16,26,33,35H2/b23-21+,24-22+,36-34+. The van der Waals surface area contributed by atoms with E-state index in [-0.39, 0.29) is 0 Å². The van der Waals surface area contributed by atoms with E-state index >= 15 is 0 Å². The van der Waals surface area contributed by atoms with E-state index in [9.17, 15) is 0 Å². The second kappa shape index (κ2) is 22.6. The lowest BCUT2D eigenvalue weighted by Gasteiger charge is -2.26. The van der Waals surface area contributed by atoms with Crippen molar-refractivity contribution in [1.29, 1.82) is 0 Å². The van der Waals surface area contributed by atoms with Crippen LogP contribution in [0.15, 0.2) is 272 Å². The van der Waals surface area contributed by atoms with Crippen molar-refractivity contribution >= 4 is 58.4 Å². The smallest absolute Gasteiger partial charge is 0.0462 e. The molecule has 340 valence electrons. The third-order valence-corrected chi connectivity index (χ3v) is 13.1. The Kier molecular flexibility index (Phi) is 14.6. The first kappa shape index (κ1) is 45.3. The van der Waals surface area contributed by atoms with Crippen molar-refractivity contribution in [3.63, 3.8) is 0 Å². The second-order valence-corrected chi connectivity index (χ2v) is 18.0. The van der Waals surface area contributed by atoms with Gasteiger partial charge in [0.25, 0.3) is 0 Å². The van der Waals surface area contributed by atoms with Crippen LogP contribution in [-0.2, 0) is 6.42 Å². The van der Waals surface area contributed by atoms with Crippen LogP contribution in [0.1, 0.15) is 53.5 Å². The molecule has 0 aromatic heterocycles. The predicted octanol–water partition coefficient (Wildman–Crippen LogP) is 18.9. The maximum Gasteiger partial charge on any atom is 0.0462 e. The topological polar surface area (TPSA) is 6.48 Å². The van der Waals surface area contributed by atoms with Crippen LogP contribution >= 0.6 is 0 Å². The largest absolute Gasteiger partial charge is 0.311 e. The number of hydrogen-bond donors (Lipinski definition) is 0. The van der Waals surface area contributed by atoms with Gasteiger partial charge in [0.1, 0.15) is 0 Å². The van der Waals surface area contributed by atoms with Crippen LogP contribution in [-0.4, -0.2) is 0 Å². The molecule has 8 aromatic rings. The molecule has 10 rings (SSSR count). The van der Waals surface area contributed by atoms with Crippen molar-refractivity contribution in [2.24, 2.45) is 5.92 Å². The SMILES string of the molecule is C1=CCCC(/C=C/c2ccc(/C=C/c3ccc(N(c4ccccc4)c4ccc(-c5ccc(N(c6ccccc6)c6ccc(CCC7=CCC(/C=C/c8ccccc8)C=C7)cc6)cc5)cc4)cc3)cc2)=C1. The van der Waals surface area contributed by atoms with Crippen molar-refractivity contribution in [3.8, 4) is 11.1 Å². The van der Waals surface area contributed by atoms with Crippen molar-refractivity contribution in [2.45, 2.75) is 32.1 Å². The van der Waals surface area contributed by atoms with Gasteiger partial charge < -0.3 is 9.80 Å². The zero-order chi connectivity index (χ0) is 47.2. The monoisotopic (exact) mass is 902 g/mol. The van der Waals surface area contributed by atoms with E-state index in [0.29, 0.717) is 5.92 Å². The predicted molar refractivity (Wildman–Crippen MR) is 301 cm³/mol.